The van der Waals surface area contributed by atoms with Crippen molar-refractivity contribution in [3.8, 4) is 0 Å². The topological polar surface area (TPSA) is 58.1 Å². The van der Waals surface area contributed by atoms with Crippen LogP contribution in [0.4, 0.5) is 11.5 Å². The molecule has 2 aromatic rings. The first kappa shape index (κ1) is 16.7. The van der Waals surface area contributed by atoms with E-state index in [4.69, 9.17) is 11.6 Å². The van der Waals surface area contributed by atoms with Crippen LogP contribution in [0.3, 0.4) is 0 Å². The van der Waals surface area contributed by atoms with Crippen LogP contribution in [0.2, 0.25) is 5.02 Å². The minimum absolute atomic E-state index is 0.232. The van der Waals surface area contributed by atoms with Crippen LogP contribution in [-0.4, -0.2) is 29.0 Å². The average Bonchev–Trinajstić information content (AvgIpc) is 2.57. The van der Waals surface area contributed by atoms with Crippen LogP contribution in [0, 0.1) is 13.8 Å². The van der Waals surface area contributed by atoms with Crippen LogP contribution in [0.15, 0.2) is 24.3 Å². The van der Waals surface area contributed by atoms with Crippen molar-refractivity contribution in [2.45, 2.75) is 33.1 Å². The Kier molecular flexibility index (Phi) is 5.00. The molecular formula is C18H21ClN4O. The van der Waals surface area contributed by atoms with Gasteiger partial charge in [-0.1, -0.05) is 11.6 Å². The highest BCUT2D eigenvalue weighted by molar-refractivity contribution is 6.30. The van der Waals surface area contributed by atoms with Crippen molar-refractivity contribution in [3.05, 3.63) is 46.4 Å². The van der Waals surface area contributed by atoms with Crippen molar-refractivity contribution in [1.29, 1.82) is 0 Å². The molecule has 0 saturated carbocycles. The highest BCUT2D eigenvalue weighted by atomic mass is 35.5. The third kappa shape index (κ3) is 3.85. The lowest BCUT2D eigenvalue weighted by atomic mass is 10.1. The summed E-state index contributed by atoms with van der Waals surface area (Å²) in [5.41, 5.74) is 2.04. The Morgan fingerprint density at radius 1 is 1.12 bits per heavy atom. The fourth-order valence-corrected chi connectivity index (χ4v) is 3.13. The predicted molar refractivity (Wildman–Crippen MR) is 97.0 cm³/mol. The number of nitrogens with one attached hydrogen (secondary N) is 1. The van der Waals surface area contributed by atoms with Crippen molar-refractivity contribution in [2.75, 3.05) is 23.3 Å². The highest BCUT2D eigenvalue weighted by Crippen LogP contribution is 2.22. The van der Waals surface area contributed by atoms with Gasteiger partial charge in [-0.2, -0.15) is 0 Å². The third-order valence-corrected chi connectivity index (χ3v) is 4.41. The van der Waals surface area contributed by atoms with Gasteiger partial charge in [0.05, 0.1) is 0 Å². The van der Waals surface area contributed by atoms with E-state index in [9.17, 15) is 4.79 Å². The molecule has 1 aliphatic heterocycles. The Hall–Kier alpha value is -2.14. The molecule has 0 unspecified atom stereocenters. The summed E-state index contributed by atoms with van der Waals surface area (Å²) in [6.07, 6.45) is 3.58. The number of aromatic nitrogens is 2. The maximum Gasteiger partial charge on any atom is 0.274 e. The first-order chi connectivity index (χ1) is 11.5. The average molecular weight is 345 g/mol. The summed E-state index contributed by atoms with van der Waals surface area (Å²) in [5.74, 6) is 1.21. The van der Waals surface area contributed by atoms with E-state index in [2.05, 4.69) is 20.2 Å². The summed E-state index contributed by atoms with van der Waals surface area (Å²) in [4.78, 5) is 23.6. The summed E-state index contributed by atoms with van der Waals surface area (Å²) in [7, 11) is 0. The molecule has 5 nitrogen and oxygen atoms in total. The maximum atomic E-state index is 12.6. The summed E-state index contributed by atoms with van der Waals surface area (Å²) < 4.78 is 0. The normalized spacial score (nSPS) is 14.5. The number of halogens is 1. The summed E-state index contributed by atoms with van der Waals surface area (Å²) >= 11 is 5.96. The highest BCUT2D eigenvalue weighted by Gasteiger charge is 2.17. The zero-order valence-corrected chi connectivity index (χ0v) is 14.7. The quantitative estimate of drug-likeness (QED) is 0.914. The molecule has 2 heterocycles. The van der Waals surface area contributed by atoms with Gasteiger partial charge < -0.3 is 10.2 Å². The van der Waals surface area contributed by atoms with Gasteiger partial charge in [-0.3, -0.25) is 4.79 Å². The Bertz CT molecular complexity index is 757. The molecule has 1 aliphatic rings. The zero-order valence-electron chi connectivity index (χ0n) is 14.0. The number of carbonyl (C=O) groups is 1. The molecule has 126 valence electrons. The molecule has 3 rings (SSSR count). The third-order valence-electron chi connectivity index (χ3n) is 4.17. The van der Waals surface area contributed by atoms with Gasteiger partial charge in [0.1, 0.15) is 17.3 Å². The van der Waals surface area contributed by atoms with E-state index in [1.54, 1.807) is 18.2 Å². The molecule has 6 heteroatoms. The first-order valence-electron chi connectivity index (χ1n) is 8.21. The molecule has 24 heavy (non-hydrogen) atoms. The number of aryl methyl sites for hydroxylation is 2. The number of hydrogen-bond acceptors (Lipinski definition) is 4. The Morgan fingerprint density at radius 3 is 2.58 bits per heavy atom. The predicted octanol–water partition coefficient (Wildman–Crippen LogP) is 3.99. The van der Waals surface area contributed by atoms with Crippen molar-refractivity contribution in [2.24, 2.45) is 0 Å². The lowest BCUT2D eigenvalue weighted by Gasteiger charge is -2.28. The number of nitrogens with zero attached hydrogens (tertiary/aromatic N) is 3. The number of anilines is 2. The largest absolute Gasteiger partial charge is 0.356 e. The standard InChI is InChI=1S/C18H21ClN4O/c1-12-10-14(19)6-7-15(12)22-18(24)16-11-17(21-13(2)20-16)23-8-4-3-5-9-23/h6-7,10-11H,3-5,8-9H2,1-2H3,(H,22,24). The van der Waals surface area contributed by atoms with E-state index >= 15 is 0 Å². The molecule has 0 bridgehead atoms. The molecule has 1 aromatic heterocycles. The van der Waals surface area contributed by atoms with Gasteiger partial charge in [-0.15, -0.1) is 0 Å². The second kappa shape index (κ2) is 7.18. The number of amides is 1. The van der Waals surface area contributed by atoms with Crippen LogP contribution in [0.25, 0.3) is 0 Å². The summed E-state index contributed by atoms with van der Waals surface area (Å²) in [6, 6.07) is 7.16. The second-order valence-electron chi connectivity index (χ2n) is 6.12. The monoisotopic (exact) mass is 344 g/mol. The lowest BCUT2D eigenvalue weighted by molar-refractivity contribution is 0.102. The van der Waals surface area contributed by atoms with Crippen molar-refractivity contribution in [1.82, 2.24) is 9.97 Å². The van der Waals surface area contributed by atoms with Crippen molar-refractivity contribution >= 4 is 29.0 Å². The van der Waals surface area contributed by atoms with E-state index in [0.29, 0.717) is 16.5 Å². The van der Waals surface area contributed by atoms with Gasteiger partial charge in [0.25, 0.3) is 5.91 Å². The van der Waals surface area contributed by atoms with Crippen LogP contribution >= 0.6 is 11.6 Å². The van der Waals surface area contributed by atoms with Gasteiger partial charge in [0.2, 0.25) is 0 Å². The van der Waals surface area contributed by atoms with Crippen molar-refractivity contribution < 1.29 is 4.79 Å². The van der Waals surface area contributed by atoms with Crippen LogP contribution in [-0.2, 0) is 0 Å². The first-order valence-corrected chi connectivity index (χ1v) is 8.59. The summed E-state index contributed by atoms with van der Waals surface area (Å²) in [5, 5.41) is 3.55. The molecule has 1 N–H and O–H groups in total. The molecule has 1 aromatic carbocycles. The van der Waals surface area contributed by atoms with Gasteiger partial charge in [0, 0.05) is 29.9 Å². The summed E-state index contributed by atoms with van der Waals surface area (Å²) in [6.45, 7) is 5.69. The molecule has 1 amide bonds. The van der Waals surface area contributed by atoms with Crippen LogP contribution in [0.1, 0.15) is 41.1 Å². The molecule has 1 saturated heterocycles. The van der Waals surface area contributed by atoms with E-state index in [0.717, 1.165) is 43.0 Å². The molecular weight excluding hydrogens is 324 g/mol. The Balaban J connectivity index is 1.82. The number of piperidine rings is 1. The molecule has 0 spiro atoms. The number of rotatable bonds is 3. The Labute approximate surface area is 147 Å². The lowest BCUT2D eigenvalue weighted by Crippen LogP contribution is -2.31. The van der Waals surface area contributed by atoms with E-state index < -0.39 is 0 Å². The SMILES string of the molecule is Cc1nc(C(=O)Nc2ccc(Cl)cc2C)cc(N2CCCCC2)n1. The number of benzene rings is 1. The van der Waals surface area contributed by atoms with Gasteiger partial charge >= 0.3 is 0 Å². The smallest absolute Gasteiger partial charge is 0.274 e. The van der Waals surface area contributed by atoms with E-state index in [-0.39, 0.29) is 5.91 Å². The fourth-order valence-electron chi connectivity index (χ4n) is 2.91. The molecule has 0 atom stereocenters. The van der Waals surface area contributed by atoms with Crippen molar-refractivity contribution in [3.63, 3.8) is 0 Å². The molecule has 1 fully saturated rings. The molecule has 0 radical (unpaired) electrons. The number of hydrogen-bond donors (Lipinski definition) is 1. The minimum atomic E-state index is -0.232. The fraction of sp³-hybridized carbons (Fsp3) is 0.389. The van der Waals surface area contributed by atoms with Gasteiger partial charge in [-0.05, 0) is 56.9 Å². The van der Waals surface area contributed by atoms with Crippen LogP contribution in [0.5, 0.6) is 0 Å². The van der Waals surface area contributed by atoms with Gasteiger partial charge in [0.15, 0.2) is 0 Å². The number of carbonyl (C=O) groups excluding carboxylic acids is 1. The van der Waals surface area contributed by atoms with E-state index in [1.165, 1.54) is 6.42 Å². The minimum Gasteiger partial charge on any atom is -0.356 e. The van der Waals surface area contributed by atoms with Crippen LogP contribution < -0.4 is 10.2 Å². The maximum absolute atomic E-state index is 12.6. The molecule has 0 aliphatic carbocycles. The second-order valence-corrected chi connectivity index (χ2v) is 6.56. The van der Waals surface area contributed by atoms with Gasteiger partial charge in [-0.25, -0.2) is 9.97 Å². The Morgan fingerprint density at radius 2 is 1.88 bits per heavy atom. The zero-order chi connectivity index (χ0) is 17.1. The van der Waals surface area contributed by atoms with E-state index in [1.807, 2.05) is 19.9 Å².